The molecule has 1 aromatic rings. The van der Waals surface area contributed by atoms with E-state index in [9.17, 15) is 4.79 Å². The summed E-state index contributed by atoms with van der Waals surface area (Å²) in [6, 6.07) is 6.15. The largest absolute Gasteiger partial charge is 0.492 e. The molecule has 2 rings (SSSR count). The van der Waals surface area contributed by atoms with Gasteiger partial charge in [-0.2, -0.15) is 0 Å². The molecular formula is C16H24BrClN2O2. The van der Waals surface area contributed by atoms with E-state index in [2.05, 4.69) is 21.2 Å². The van der Waals surface area contributed by atoms with Crippen LogP contribution in [0.5, 0.6) is 5.75 Å². The predicted octanol–water partition coefficient (Wildman–Crippen LogP) is 3.19. The van der Waals surface area contributed by atoms with Crippen molar-refractivity contribution in [3.8, 4) is 5.75 Å². The van der Waals surface area contributed by atoms with Gasteiger partial charge in [0.25, 0.3) is 0 Å². The van der Waals surface area contributed by atoms with Gasteiger partial charge in [-0.1, -0.05) is 12.5 Å². The minimum atomic E-state index is 0. The first-order valence-corrected chi connectivity index (χ1v) is 8.28. The van der Waals surface area contributed by atoms with Crippen LogP contribution in [0.15, 0.2) is 22.7 Å². The molecule has 22 heavy (non-hydrogen) atoms. The molecule has 6 heteroatoms. The summed E-state index contributed by atoms with van der Waals surface area (Å²) in [5.74, 6) is 1.25. The highest BCUT2D eigenvalue weighted by molar-refractivity contribution is 9.10. The summed E-state index contributed by atoms with van der Waals surface area (Å²) in [6.45, 7) is 3.06. The second kappa shape index (κ2) is 9.38. The number of hydrogen-bond donors (Lipinski definition) is 2. The zero-order valence-corrected chi connectivity index (χ0v) is 15.2. The SMILES string of the molecule is Cc1ccc(OCCC(=O)NC2CCCC2CN)c(Br)c1.Cl. The molecule has 1 saturated carbocycles. The minimum Gasteiger partial charge on any atom is -0.492 e. The second-order valence-corrected chi connectivity index (χ2v) is 6.49. The van der Waals surface area contributed by atoms with E-state index in [4.69, 9.17) is 10.5 Å². The first kappa shape index (κ1) is 19.3. The van der Waals surface area contributed by atoms with Crippen LogP contribution >= 0.6 is 28.3 Å². The van der Waals surface area contributed by atoms with Gasteiger partial charge in [-0.3, -0.25) is 4.79 Å². The van der Waals surface area contributed by atoms with Crippen LogP contribution in [0.3, 0.4) is 0 Å². The first-order chi connectivity index (χ1) is 10.1. The van der Waals surface area contributed by atoms with E-state index in [1.54, 1.807) is 0 Å². The fraction of sp³-hybridized carbons (Fsp3) is 0.562. The molecule has 1 aliphatic rings. The molecule has 0 bridgehead atoms. The fourth-order valence-corrected chi connectivity index (χ4v) is 3.37. The molecule has 1 aliphatic carbocycles. The van der Waals surface area contributed by atoms with Gasteiger partial charge in [0.05, 0.1) is 17.5 Å². The monoisotopic (exact) mass is 390 g/mol. The van der Waals surface area contributed by atoms with Gasteiger partial charge in [0.2, 0.25) is 5.91 Å². The highest BCUT2D eigenvalue weighted by Crippen LogP contribution is 2.26. The van der Waals surface area contributed by atoms with E-state index in [1.165, 1.54) is 5.56 Å². The Morgan fingerprint density at radius 3 is 2.91 bits per heavy atom. The quantitative estimate of drug-likeness (QED) is 0.782. The van der Waals surface area contributed by atoms with Crippen LogP contribution in [-0.4, -0.2) is 25.1 Å². The molecule has 124 valence electrons. The van der Waals surface area contributed by atoms with Gasteiger partial charge >= 0.3 is 0 Å². The van der Waals surface area contributed by atoms with Crippen molar-refractivity contribution in [3.63, 3.8) is 0 Å². The summed E-state index contributed by atoms with van der Waals surface area (Å²) < 4.78 is 6.57. The Balaban J connectivity index is 0.00000242. The molecule has 1 fully saturated rings. The fourth-order valence-electron chi connectivity index (χ4n) is 2.76. The van der Waals surface area contributed by atoms with Crippen LogP contribution in [0.2, 0.25) is 0 Å². The zero-order chi connectivity index (χ0) is 15.2. The third kappa shape index (κ3) is 5.45. The van der Waals surface area contributed by atoms with Gasteiger partial charge < -0.3 is 15.8 Å². The maximum absolute atomic E-state index is 11.9. The number of hydrogen-bond acceptors (Lipinski definition) is 3. The van der Waals surface area contributed by atoms with Crippen molar-refractivity contribution in [1.29, 1.82) is 0 Å². The van der Waals surface area contributed by atoms with Crippen molar-refractivity contribution >= 4 is 34.2 Å². The molecule has 0 aliphatic heterocycles. The summed E-state index contributed by atoms with van der Waals surface area (Å²) in [5, 5.41) is 3.08. The number of amides is 1. The molecule has 4 nitrogen and oxygen atoms in total. The number of ether oxygens (including phenoxy) is 1. The molecular weight excluding hydrogens is 368 g/mol. The van der Waals surface area contributed by atoms with Crippen molar-refractivity contribution < 1.29 is 9.53 Å². The Kier molecular flexibility index (Phi) is 8.21. The van der Waals surface area contributed by atoms with Crippen molar-refractivity contribution in [1.82, 2.24) is 5.32 Å². The molecule has 3 N–H and O–H groups in total. The molecule has 0 saturated heterocycles. The average molecular weight is 392 g/mol. The maximum atomic E-state index is 11.9. The summed E-state index contributed by atoms with van der Waals surface area (Å²) in [7, 11) is 0. The van der Waals surface area contributed by atoms with Crippen LogP contribution in [0.1, 0.15) is 31.2 Å². The average Bonchev–Trinajstić information content (AvgIpc) is 2.88. The van der Waals surface area contributed by atoms with Crippen LogP contribution in [0.4, 0.5) is 0 Å². The molecule has 0 radical (unpaired) electrons. The first-order valence-electron chi connectivity index (χ1n) is 7.48. The topological polar surface area (TPSA) is 64.3 Å². The summed E-state index contributed by atoms with van der Waals surface area (Å²) in [6.07, 6.45) is 3.68. The van der Waals surface area contributed by atoms with Crippen molar-refractivity contribution in [2.45, 2.75) is 38.6 Å². The van der Waals surface area contributed by atoms with Gasteiger partial charge in [-0.15, -0.1) is 12.4 Å². The standard InChI is InChI=1S/C16H23BrN2O2.ClH/c1-11-5-6-15(13(17)9-11)21-8-7-16(20)19-14-4-2-3-12(14)10-18;/h5-6,9,12,14H,2-4,7-8,10,18H2,1H3,(H,19,20);1H. The molecule has 0 spiro atoms. The summed E-state index contributed by atoms with van der Waals surface area (Å²) in [4.78, 5) is 11.9. The highest BCUT2D eigenvalue weighted by atomic mass is 79.9. The minimum absolute atomic E-state index is 0. The van der Waals surface area contributed by atoms with Crippen LogP contribution < -0.4 is 15.8 Å². The number of aryl methyl sites for hydroxylation is 1. The van der Waals surface area contributed by atoms with E-state index in [-0.39, 0.29) is 24.4 Å². The van der Waals surface area contributed by atoms with Crippen LogP contribution in [0.25, 0.3) is 0 Å². The van der Waals surface area contributed by atoms with Gasteiger partial charge in [-0.25, -0.2) is 0 Å². The lowest BCUT2D eigenvalue weighted by Gasteiger charge is -2.19. The Labute approximate surface area is 146 Å². The van der Waals surface area contributed by atoms with Crippen LogP contribution in [0, 0.1) is 12.8 Å². The highest BCUT2D eigenvalue weighted by Gasteiger charge is 2.27. The molecule has 0 heterocycles. The van der Waals surface area contributed by atoms with Gasteiger partial charge in [0.15, 0.2) is 0 Å². The van der Waals surface area contributed by atoms with Gasteiger partial charge in [-0.05, 0) is 65.9 Å². The molecule has 2 unspecified atom stereocenters. The Morgan fingerprint density at radius 2 is 2.23 bits per heavy atom. The number of nitrogens with one attached hydrogen (secondary N) is 1. The Hall–Kier alpha value is -0.780. The number of carbonyl (C=O) groups excluding carboxylic acids is 1. The molecule has 1 amide bonds. The predicted molar refractivity (Wildman–Crippen MR) is 94.6 cm³/mol. The number of halogens is 2. The van der Waals surface area contributed by atoms with Crippen molar-refractivity contribution in [2.24, 2.45) is 11.7 Å². The Bertz CT molecular complexity index is 499. The second-order valence-electron chi connectivity index (χ2n) is 5.63. The third-order valence-corrected chi connectivity index (χ3v) is 4.60. The maximum Gasteiger partial charge on any atom is 0.223 e. The number of benzene rings is 1. The van der Waals surface area contributed by atoms with Gasteiger partial charge in [0, 0.05) is 6.04 Å². The number of nitrogens with two attached hydrogens (primary N) is 1. The van der Waals surface area contributed by atoms with Crippen molar-refractivity contribution in [3.05, 3.63) is 28.2 Å². The lowest BCUT2D eigenvalue weighted by atomic mass is 10.0. The molecule has 0 aromatic heterocycles. The van der Waals surface area contributed by atoms with E-state index < -0.39 is 0 Å². The van der Waals surface area contributed by atoms with E-state index in [0.717, 1.165) is 29.5 Å². The van der Waals surface area contributed by atoms with E-state index >= 15 is 0 Å². The lowest BCUT2D eigenvalue weighted by molar-refractivity contribution is -0.122. The lowest BCUT2D eigenvalue weighted by Crippen LogP contribution is -2.40. The molecule has 2 atom stereocenters. The number of rotatable bonds is 6. The van der Waals surface area contributed by atoms with E-state index in [1.807, 2.05) is 25.1 Å². The van der Waals surface area contributed by atoms with Gasteiger partial charge in [0.1, 0.15) is 5.75 Å². The Morgan fingerprint density at radius 1 is 1.45 bits per heavy atom. The number of carbonyl (C=O) groups is 1. The third-order valence-electron chi connectivity index (χ3n) is 3.98. The van der Waals surface area contributed by atoms with Crippen molar-refractivity contribution in [2.75, 3.05) is 13.2 Å². The molecule has 1 aromatic carbocycles. The van der Waals surface area contributed by atoms with Crippen LogP contribution in [-0.2, 0) is 4.79 Å². The van der Waals surface area contributed by atoms with E-state index in [0.29, 0.717) is 25.5 Å². The normalized spacial score (nSPS) is 20.3. The smallest absolute Gasteiger partial charge is 0.223 e. The summed E-state index contributed by atoms with van der Waals surface area (Å²) >= 11 is 3.46. The summed E-state index contributed by atoms with van der Waals surface area (Å²) in [5.41, 5.74) is 6.89. The zero-order valence-electron chi connectivity index (χ0n) is 12.8.